The molecule has 1 aliphatic rings. The van der Waals surface area contributed by atoms with E-state index >= 15 is 0 Å². The van der Waals surface area contributed by atoms with Crippen LogP contribution < -0.4 is 15.2 Å². The van der Waals surface area contributed by atoms with Crippen molar-refractivity contribution in [1.29, 1.82) is 0 Å². The van der Waals surface area contributed by atoms with Crippen molar-refractivity contribution in [1.82, 2.24) is 4.90 Å². The highest BCUT2D eigenvalue weighted by molar-refractivity contribution is 6.03. The Hall–Kier alpha value is -2.28. The Balaban J connectivity index is 2.33. The number of nitrogens with two attached hydrogens (primary N) is 1. The number of benzene rings is 1. The lowest BCUT2D eigenvalue weighted by Gasteiger charge is -2.24. The van der Waals surface area contributed by atoms with Crippen molar-refractivity contribution in [3.8, 4) is 11.5 Å². The van der Waals surface area contributed by atoms with E-state index in [4.69, 9.17) is 19.9 Å². The van der Waals surface area contributed by atoms with E-state index < -0.39 is 6.04 Å². The fourth-order valence-electron chi connectivity index (χ4n) is 2.29. The highest BCUT2D eigenvalue weighted by Gasteiger charge is 2.34. The predicted molar refractivity (Wildman–Crippen MR) is 77.9 cm³/mol. The molecule has 1 aromatic carbocycles. The largest absolute Gasteiger partial charge is 0.493 e. The summed E-state index contributed by atoms with van der Waals surface area (Å²) in [6, 6.07) is 4.65. The van der Waals surface area contributed by atoms with Gasteiger partial charge in [0.15, 0.2) is 11.5 Å². The number of hydrogen-bond donors (Lipinski definition) is 1. The Morgan fingerprint density at radius 3 is 2.57 bits per heavy atom. The summed E-state index contributed by atoms with van der Waals surface area (Å²) >= 11 is 0. The van der Waals surface area contributed by atoms with Crippen molar-refractivity contribution in [3.63, 3.8) is 0 Å². The van der Waals surface area contributed by atoms with Gasteiger partial charge in [-0.2, -0.15) is 4.99 Å². The summed E-state index contributed by atoms with van der Waals surface area (Å²) in [6.45, 7) is 0.830. The Morgan fingerprint density at radius 2 is 1.95 bits per heavy atom. The minimum Gasteiger partial charge on any atom is -0.493 e. The summed E-state index contributed by atoms with van der Waals surface area (Å²) < 4.78 is 15.5. The number of ether oxygens (including phenoxy) is 3. The quantitative estimate of drug-likeness (QED) is 0.851. The van der Waals surface area contributed by atoms with Gasteiger partial charge in [0, 0.05) is 13.7 Å². The van der Waals surface area contributed by atoms with Gasteiger partial charge in [0.1, 0.15) is 11.9 Å². The normalized spacial score (nSPS) is 17.9. The molecule has 2 rings (SSSR count). The van der Waals surface area contributed by atoms with Gasteiger partial charge in [0.25, 0.3) is 0 Å². The smallest absolute Gasteiger partial charge is 0.346 e. The number of nitrogens with zero attached hydrogens (tertiary/aromatic N) is 2. The molecule has 7 nitrogen and oxygen atoms in total. The van der Waals surface area contributed by atoms with Gasteiger partial charge >= 0.3 is 6.03 Å². The van der Waals surface area contributed by atoms with E-state index in [1.165, 1.54) is 0 Å². The number of carbonyl (C=O) groups excluding carboxylic acids is 1. The molecule has 1 atom stereocenters. The van der Waals surface area contributed by atoms with Gasteiger partial charge in [-0.25, -0.2) is 4.79 Å². The number of methoxy groups -OCH3 is 3. The summed E-state index contributed by atoms with van der Waals surface area (Å²) in [7, 11) is 4.70. The molecule has 0 spiro atoms. The third-order valence-electron chi connectivity index (χ3n) is 3.32. The van der Waals surface area contributed by atoms with Crippen molar-refractivity contribution in [3.05, 3.63) is 23.8 Å². The number of urea groups is 1. The van der Waals surface area contributed by atoms with Gasteiger partial charge in [0.05, 0.1) is 20.8 Å². The molecule has 21 heavy (non-hydrogen) atoms. The molecule has 0 saturated heterocycles. The number of rotatable bonds is 6. The first-order valence-electron chi connectivity index (χ1n) is 6.48. The molecular formula is C14H19N3O4. The zero-order chi connectivity index (χ0) is 15.4. The number of amides is 2. The van der Waals surface area contributed by atoms with Gasteiger partial charge in [-0.05, 0) is 17.7 Å². The minimum atomic E-state index is -0.410. The second kappa shape index (κ2) is 6.45. The monoisotopic (exact) mass is 293 g/mol. The molecule has 0 aliphatic carbocycles. The van der Waals surface area contributed by atoms with Crippen LogP contribution in [0.3, 0.4) is 0 Å². The molecule has 1 unspecified atom stereocenters. The average Bonchev–Trinajstić information content (AvgIpc) is 2.78. The third kappa shape index (κ3) is 2.92. The zero-order valence-corrected chi connectivity index (χ0v) is 12.3. The van der Waals surface area contributed by atoms with E-state index in [2.05, 4.69) is 4.99 Å². The first-order chi connectivity index (χ1) is 10.1. The van der Waals surface area contributed by atoms with Crippen molar-refractivity contribution < 1.29 is 19.0 Å². The highest BCUT2D eigenvalue weighted by Crippen LogP contribution is 2.33. The maximum atomic E-state index is 11.9. The lowest BCUT2D eigenvalue weighted by Crippen LogP contribution is -2.35. The highest BCUT2D eigenvalue weighted by atomic mass is 16.5. The summed E-state index contributed by atoms with van der Waals surface area (Å²) in [5, 5.41) is 0. The van der Waals surface area contributed by atoms with Crippen LogP contribution in [0.4, 0.5) is 4.79 Å². The molecule has 1 heterocycles. The molecule has 0 radical (unpaired) electrons. The van der Waals surface area contributed by atoms with Crippen LogP contribution in [0.1, 0.15) is 11.6 Å². The Labute approximate surface area is 123 Å². The van der Waals surface area contributed by atoms with Crippen molar-refractivity contribution in [2.24, 2.45) is 10.7 Å². The maximum absolute atomic E-state index is 11.9. The van der Waals surface area contributed by atoms with Gasteiger partial charge in [0.2, 0.25) is 0 Å². The molecule has 0 saturated carbocycles. The molecule has 114 valence electrons. The molecule has 7 heteroatoms. The molecule has 0 aromatic heterocycles. The minimum absolute atomic E-state index is 0.267. The summed E-state index contributed by atoms with van der Waals surface area (Å²) in [5.41, 5.74) is 6.72. The van der Waals surface area contributed by atoms with Gasteiger partial charge < -0.3 is 24.8 Å². The molecule has 2 amide bonds. The predicted octanol–water partition coefficient (Wildman–Crippen LogP) is 1.18. The molecule has 1 aromatic rings. The summed E-state index contributed by atoms with van der Waals surface area (Å²) in [6.07, 6.45) is 0. The Bertz CT molecular complexity index is 559. The van der Waals surface area contributed by atoms with Crippen molar-refractivity contribution >= 4 is 11.9 Å². The average molecular weight is 293 g/mol. The molecular weight excluding hydrogens is 274 g/mol. The van der Waals surface area contributed by atoms with E-state index in [1.807, 2.05) is 6.07 Å². The van der Waals surface area contributed by atoms with Crippen LogP contribution in [0.25, 0.3) is 0 Å². The zero-order valence-electron chi connectivity index (χ0n) is 12.3. The Kier molecular flexibility index (Phi) is 4.64. The first-order valence-corrected chi connectivity index (χ1v) is 6.48. The molecule has 0 fully saturated rings. The topological polar surface area (TPSA) is 86.4 Å². The number of aliphatic imine (C=N–C) groups is 1. The third-order valence-corrected chi connectivity index (χ3v) is 3.32. The second-order valence-electron chi connectivity index (χ2n) is 4.52. The van der Waals surface area contributed by atoms with Crippen molar-refractivity contribution in [2.75, 3.05) is 34.5 Å². The first kappa shape index (κ1) is 15.1. The van der Waals surface area contributed by atoms with E-state index in [-0.39, 0.29) is 11.9 Å². The van der Waals surface area contributed by atoms with Crippen LogP contribution in [0.5, 0.6) is 11.5 Å². The Morgan fingerprint density at radius 1 is 1.24 bits per heavy atom. The fourth-order valence-corrected chi connectivity index (χ4v) is 2.29. The fraction of sp³-hybridized carbons (Fsp3) is 0.429. The van der Waals surface area contributed by atoms with Crippen LogP contribution in [-0.4, -0.2) is 51.2 Å². The van der Waals surface area contributed by atoms with Crippen LogP contribution in [-0.2, 0) is 4.74 Å². The van der Waals surface area contributed by atoms with Crippen LogP contribution in [0.2, 0.25) is 0 Å². The van der Waals surface area contributed by atoms with Crippen molar-refractivity contribution in [2.45, 2.75) is 6.04 Å². The van der Waals surface area contributed by atoms with Crippen LogP contribution >= 0.6 is 0 Å². The van der Waals surface area contributed by atoms with Gasteiger partial charge in [-0.1, -0.05) is 6.07 Å². The lowest BCUT2D eigenvalue weighted by atomic mass is 10.0. The molecule has 2 N–H and O–H groups in total. The number of amidine groups is 1. The van der Waals surface area contributed by atoms with E-state index in [0.29, 0.717) is 24.7 Å². The molecule has 0 bridgehead atoms. The SMILES string of the molecule is COCCN1C(=O)N=C(N)C1c1ccc(OC)c(OC)c1. The number of hydrogen-bond acceptors (Lipinski definition) is 5. The van der Waals surface area contributed by atoms with Crippen LogP contribution in [0.15, 0.2) is 23.2 Å². The van der Waals surface area contributed by atoms with Gasteiger partial charge in [-0.3, -0.25) is 0 Å². The maximum Gasteiger partial charge on any atom is 0.346 e. The summed E-state index contributed by atoms with van der Waals surface area (Å²) in [5.74, 6) is 1.46. The summed E-state index contributed by atoms with van der Waals surface area (Å²) in [4.78, 5) is 17.3. The lowest BCUT2D eigenvalue weighted by molar-refractivity contribution is 0.150. The standard InChI is InChI=1S/C14H19N3O4/c1-19-7-6-17-12(13(15)16-14(17)18)9-4-5-10(20-2)11(8-9)21-3/h4-5,8,12H,6-7H2,1-3H3,(H2,15,16,18). The number of carbonyl (C=O) groups is 1. The second-order valence-corrected chi connectivity index (χ2v) is 4.52. The molecule has 1 aliphatic heterocycles. The van der Waals surface area contributed by atoms with E-state index in [9.17, 15) is 4.79 Å². The van der Waals surface area contributed by atoms with Crippen LogP contribution in [0, 0.1) is 0 Å². The van der Waals surface area contributed by atoms with E-state index in [1.54, 1.807) is 38.4 Å². The van der Waals surface area contributed by atoms with E-state index in [0.717, 1.165) is 5.56 Å². The van der Waals surface area contributed by atoms with Gasteiger partial charge in [-0.15, -0.1) is 0 Å².